The molecule has 3 aliphatic rings. The van der Waals surface area contributed by atoms with Gasteiger partial charge in [0, 0.05) is 97.1 Å². The molecule has 0 saturated carbocycles. The van der Waals surface area contributed by atoms with Crippen LogP contribution in [0.25, 0.3) is 67.2 Å². The Morgan fingerprint density at radius 2 is 0.780 bits per heavy atom. The van der Waals surface area contributed by atoms with E-state index in [1.807, 2.05) is 36.8 Å². The van der Waals surface area contributed by atoms with Crippen LogP contribution < -0.4 is 46.7 Å². The zero-order chi connectivity index (χ0) is 77.3. The zero-order valence-corrected chi connectivity index (χ0v) is 77.7. The number of carbonyl (C=O) groups is 3. The fourth-order valence-corrected chi connectivity index (χ4v) is 27.2. The summed E-state index contributed by atoms with van der Waals surface area (Å²) in [5.74, 6) is -0.187. The molecule has 3 N–H and O–H groups in total. The Bertz CT molecular complexity index is 5210. The van der Waals surface area contributed by atoms with Crippen LogP contribution >= 0.6 is 0 Å². The molecule has 0 unspecified atom stereocenters. The molecule has 0 aliphatic carbocycles. The molecule has 14 rings (SSSR count). The number of benzene rings is 8. The largest absolute Gasteiger partial charge is 0.512 e. The molecule has 0 spiro atoms. The van der Waals surface area contributed by atoms with Crippen molar-refractivity contribution in [3.63, 3.8) is 0 Å². The van der Waals surface area contributed by atoms with E-state index in [4.69, 9.17) is 20.3 Å². The molecule has 569 valence electrons. The first kappa shape index (κ1) is 89.7. The second-order valence-corrected chi connectivity index (χ2v) is 55.5. The van der Waals surface area contributed by atoms with Gasteiger partial charge in [0.1, 0.15) is 8.07 Å². The molecule has 6 heterocycles. The average Bonchev–Trinajstić information content (AvgIpc) is 1.55. The third-order valence-corrected chi connectivity index (χ3v) is 34.8. The number of fused-ring (bicyclic) bond motifs is 9. The number of sulfone groups is 1. The normalized spacial score (nSPS) is 13.5. The second-order valence-electron chi connectivity index (χ2n) is 30.4. The molecule has 3 radical (unpaired) electrons. The van der Waals surface area contributed by atoms with Gasteiger partial charge in [0.15, 0.2) is 27.2 Å². The first-order valence-electron chi connectivity index (χ1n) is 35.3. The van der Waals surface area contributed by atoms with Gasteiger partial charge < -0.3 is 30.3 Å². The summed E-state index contributed by atoms with van der Waals surface area (Å²) < 4.78 is 25.4. The van der Waals surface area contributed by atoms with Gasteiger partial charge in [0.25, 0.3) is 0 Å². The molecule has 20 heteroatoms. The maximum atomic E-state index is 12.7. The Kier molecular flexibility index (Phi) is 31.0. The number of hydrogen-bond acceptors (Lipinski definition) is 11. The molecule has 0 saturated heterocycles. The summed E-state index contributed by atoms with van der Waals surface area (Å²) in [6.07, 6.45) is 9.20. The number of pyridine rings is 3. The van der Waals surface area contributed by atoms with E-state index < -0.39 is 50.2 Å². The predicted octanol–water partition coefficient (Wildman–Crippen LogP) is 15.4. The number of rotatable bonds is 11. The Balaban J connectivity index is 0.000000225. The third kappa shape index (κ3) is 21.1. The molecule has 11 aromatic rings. The molecule has 109 heavy (non-hydrogen) atoms. The third-order valence-electron chi connectivity index (χ3n) is 18.5. The first-order chi connectivity index (χ1) is 50.0. The molecule has 8 aromatic carbocycles. The molecule has 3 aromatic heterocycles. The van der Waals surface area contributed by atoms with Crippen LogP contribution in [-0.4, -0.2) is 96.4 Å². The Labute approximate surface area is 690 Å². The van der Waals surface area contributed by atoms with Gasteiger partial charge in [-0.15, -0.1) is 81.7 Å². The van der Waals surface area contributed by atoms with Crippen molar-refractivity contribution >= 4 is 114 Å². The molecule has 0 atom stereocenters. The first-order valence-corrected chi connectivity index (χ1v) is 52.3. The number of allylic oxidation sites excluding steroid dienone is 6. The Hall–Kier alpha value is -8.18. The summed E-state index contributed by atoms with van der Waals surface area (Å²) in [5, 5.41) is 38.0. The number of hydrogen-bond donors (Lipinski definition) is 3. The quantitative estimate of drug-likeness (QED) is 0.0484. The molecule has 3 aliphatic heterocycles. The van der Waals surface area contributed by atoms with E-state index in [-0.39, 0.29) is 94.9 Å². The summed E-state index contributed by atoms with van der Waals surface area (Å²) in [5.41, 5.74) is 13.0. The van der Waals surface area contributed by atoms with Crippen LogP contribution in [0.5, 0.6) is 0 Å². The van der Waals surface area contributed by atoms with E-state index in [1.165, 1.54) is 124 Å². The minimum Gasteiger partial charge on any atom is -0.512 e. The Morgan fingerprint density at radius 1 is 0.385 bits per heavy atom. The summed E-state index contributed by atoms with van der Waals surface area (Å²) in [4.78, 5) is 44.8. The smallest absolute Gasteiger partial charge is 0.173 e. The maximum Gasteiger partial charge on any atom is 0.173 e. The van der Waals surface area contributed by atoms with Crippen molar-refractivity contribution < 1.29 is 98.4 Å². The van der Waals surface area contributed by atoms with Crippen LogP contribution in [0.1, 0.15) is 41.5 Å². The maximum absolute atomic E-state index is 12.7. The van der Waals surface area contributed by atoms with Crippen molar-refractivity contribution in [1.29, 1.82) is 0 Å². The van der Waals surface area contributed by atoms with Crippen LogP contribution in [0.2, 0.25) is 72.0 Å². The van der Waals surface area contributed by atoms with Crippen LogP contribution in [0.4, 0.5) is 0 Å². The fraction of sp³-hybridized carbons (Fsp3) is 0.191. The summed E-state index contributed by atoms with van der Waals surface area (Å²) in [6.45, 7) is 34.6. The monoisotopic (exact) mass is 2080 g/mol. The van der Waals surface area contributed by atoms with E-state index in [2.05, 4.69) is 270 Å². The second kappa shape index (κ2) is 37.7. The number of nitrogens with zero attached hydrogens (tertiary/aromatic N) is 3. The zero-order valence-electron chi connectivity index (χ0n) is 64.7. The van der Waals surface area contributed by atoms with E-state index in [9.17, 15) is 22.8 Å². The standard InChI is InChI=1S/C32H28NSi2.C22H24NSi2.C20H18NO2SSi.3C5H8O2.3Ir/c1-34(2,3)31-19-12-22-33-32(31)24-20-21-30-28(23-24)27-17-10-11-18-29(27)35(30,25-13-6-4-7-14-25)26-15-8-5-9-16-26;1-24(2,3)17-12-13-23-20(15-17)16-10-11-22-19(14-16)18-8-6-7-9-21(18)25(22,4)5;1-25(2,3)15-10-11-21-18(13-15)14-8-9-20-17(12-14)16-6-4-5-7-19(16)24(20,22)23;3*1-4(6)3-5(2)7;;;/h4-19,21-23H,1-3H3;6-9,11-15H,1-5H3;4-7,9-13H,1-3H3;3*3,6H,1-2H3;;;/q3*-1;;;;;;. The van der Waals surface area contributed by atoms with Crippen molar-refractivity contribution in [3.05, 3.63) is 279 Å². The number of carbonyl (C=O) groups excluding carboxylic acids is 3. The van der Waals surface area contributed by atoms with Crippen LogP contribution in [0.15, 0.2) is 270 Å². The molecular weight excluding hydrogens is 1990 g/mol. The number of aliphatic hydroxyl groups is 3. The molecule has 11 nitrogen and oxygen atoms in total. The topological polar surface area (TPSA) is 185 Å². The number of ketones is 3. The van der Waals surface area contributed by atoms with Gasteiger partial charge in [-0.2, -0.15) is 0 Å². The van der Waals surface area contributed by atoms with E-state index in [0.29, 0.717) is 9.79 Å². The van der Waals surface area contributed by atoms with Gasteiger partial charge in [0.2, 0.25) is 0 Å². The predicted molar refractivity (Wildman–Crippen MR) is 451 cm³/mol. The van der Waals surface area contributed by atoms with Crippen molar-refractivity contribution in [3.8, 4) is 67.2 Å². The molecule has 0 fully saturated rings. The summed E-state index contributed by atoms with van der Waals surface area (Å²) in [6, 6.07) is 83.3. The van der Waals surface area contributed by atoms with Gasteiger partial charge in [-0.3, -0.25) is 14.4 Å². The van der Waals surface area contributed by atoms with E-state index in [1.54, 1.807) is 23.4 Å². The van der Waals surface area contributed by atoms with E-state index in [0.717, 1.165) is 44.9 Å². The SMILES string of the molecule is CC(=O)C=C(C)O.CC(=O)C=C(C)O.CC(=O)C=C(C)O.C[Si](C)(C)c1cccnc1-c1[c-]cc2c(c1)-c1ccccc1[Si]2(c1ccccc1)c1ccccc1.C[Si](C)(C)c1ccnc(-c2[c-]cc3c(c2)-c2ccccc2S3(=O)=O)c1.C[Si](C)(C)c1ccnc(-c2[c-]cc3c(c2)-c2ccccc2[Si]3(C)C)c1.[Ir].[Ir].[Ir]. The van der Waals surface area contributed by atoms with Crippen molar-refractivity contribution in [2.24, 2.45) is 0 Å². The van der Waals surface area contributed by atoms with Gasteiger partial charge >= 0.3 is 0 Å². The molecular formula is C89H94Ir3N3O8SSi5-3. The summed E-state index contributed by atoms with van der Waals surface area (Å²) in [7, 11) is -11.8. The van der Waals surface area contributed by atoms with Gasteiger partial charge in [0.05, 0.1) is 54.5 Å². The average molecular weight is 2080 g/mol. The van der Waals surface area contributed by atoms with Gasteiger partial charge in [-0.1, -0.05) is 265 Å². The Morgan fingerprint density at radius 3 is 1.24 bits per heavy atom. The van der Waals surface area contributed by atoms with Crippen LogP contribution in [-0.2, 0) is 84.5 Å². The van der Waals surface area contributed by atoms with Crippen LogP contribution in [0.3, 0.4) is 0 Å². The van der Waals surface area contributed by atoms with E-state index >= 15 is 0 Å². The molecule has 0 amide bonds. The van der Waals surface area contributed by atoms with Gasteiger partial charge in [-0.25, -0.2) is 8.42 Å². The number of aliphatic hydroxyl groups excluding tert-OH is 3. The van der Waals surface area contributed by atoms with Crippen molar-refractivity contribution in [2.45, 2.75) is 123 Å². The minimum atomic E-state index is -3.44. The van der Waals surface area contributed by atoms with Crippen molar-refractivity contribution in [1.82, 2.24) is 15.0 Å². The van der Waals surface area contributed by atoms with Gasteiger partial charge in [-0.05, 0) is 110 Å². The molecule has 0 bridgehead atoms. The minimum absolute atomic E-state index is 0. The van der Waals surface area contributed by atoms with Crippen molar-refractivity contribution in [2.75, 3.05) is 0 Å². The fourth-order valence-electron chi connectivity index (χ4n) is 13.6. The number of aromatic nitrogens is 3. The summed E-state index contributed by atoms with van der Waals surface area (Å²) >= 11 is 0. The van der Waals surface area contributed by atoms with Crippen LogP contribution in [0, 0.1) is 18.2 Å².